The molecule has 18 heavy (non-hydrogen) atoms. The van der Waals surface area contributed by atoms with E-state index in [9.17, 15) is 9.59 Å². The van der Waals surface area contributed by atoms with E-state index in [1.807, 2.05) is 4.90 Å². The Balaban J connectivity index is 2.28. The van der Waals surface area contributed by atoms with Gasteiger partial charge in [0.25, 0.3) is 0 Å². The van der Waals surface area contributed by atoms with E-state index in [2.05, 4.69) is 0 Å². The molecule has 0 aromatic rings. The number of aliphatic carboxylic acids is 1. The van der Waals surface area contributed by atoms with Gasteiger partial charge in [-0.2, -0.15) is 0 Å². The predicted octanol–water partition coefficient (Wildman–Crippen LogP) is 1.22. The molecule has 0 spiro atoms. The predicted molar refractivity (Wildman–Crippen MR) is 69.1 cm³/mol. The summed E-state index contributed by atoms with van der Waals surface area (Å²) in [6.07, 6.45) is 5.24. The number of unbranched alkanes of at least 4 members (excludes halogenated alkanes) is 1. The number of likely N-dealkylation sites (tertiary alicyclic amines) is 1. The van der Waals surface area contributed by atoms with Crippen LogP contribution < -0.4 is 5.73 Å². The van der Waals surface area contributed by atoms with Crippen LogP contribution in [0.3, 0.4) is 0 Å². The monoisotopic (exact) mass is 256 g/mol. The minimum Gasteiger partial charge on any atom is -0.481 e. The Morgan fingerprint density at radius 3 is 2.72 bits per heavy atom. The normalized spacial score (nSPS) is 19.8. The smallest absolute Gasteiger partial charge is 0.303 e. The zero-order valence-electron chi connectivity index (χ0n) is 10.9. The highest BCUT2D eigenvalue weighted by atomic mass is 16.4. The Morgan fingerprint density at radius 2 is 2.06 bits per heavy atom. The first-order valence-electron chi connectivity index (χ1n) is 6.83. The Labute approximate surface area is 108 Å². The van der Waals surface area contributed by atoms with Gasteiger partial charge in [-0.15, -0.1) is 0 Å². The van der Waals surface area contributed by atoms with Crippen LogP contribution in [0.5, 0.6) is 0 Å². The van der Waals surface area contributed by atoms with Crippen molar-refractivity contribution >= 4 is 11.9 Å². The molecule has 0 radical (unpaired) electrons. The Bertz CT molecular complexity index is 281. The van der Waals surface area contributed by atoms with Crippen LogP contribution in [0.2, 0.25) is 0 Å². The summed E-state index contributed by atoms with van der Waals surface area (Å²) in [5.74, 6) is -0.196. The molecule has 1 amide bonds. The van der Waals surface area contributed by atoms with Crippen LogP contribution in [0.25, 0.3) is 0 Å². The number of piperidine rings is 1. The van der Waals surface area contributed by atoms with Gasteiger partial charge < -0.3 is 15.7 Å². The summed E-state index contributed by atoms with van der Waals surface area (Å²) in [4.78, 5) is 24.4. The summed E-state index contributed by atoms with van der Waals surface area (Å²) in [5, 5.41) is 8.67. The van der Waals surface area contributed by atoms with Crippen LogP contribution in [0.1, 0.15) is 44.9 Å². The topological polar surface area (TPSA) is 83.6 Å². The lowest BCUT2D eigenvalue weighted by Crippen LogP contribution is -2.40. The standard InChI is InChI=1S/C13H24N2O3/c14-8-2-1-5-12(16)15-9-3-4-11(10-15)6-7-13(17)18/h11H,1-10,14H2,(H,17,18). The number of nitrogens with two attached hydrogens (primary N) is 1. The number of carbonyl (C=O) groups is 2. The van der Waals surface area contributed by atoms with E-state index < -0.39 is 5.97 Å². The van der Waals surface area contributed by atoms with Gasteiger partial charge in [0.1, 0.15) is 0 Å². The van der Waals surface area contributed by atoms with Gasteiger partial charge in [-0.25, -0.2) is 0 Å². The average Bonchev–Trinajstić information content (AvgIpc) is 2.37. The van der Waals surface area contributed by atoms with E-state index in [4.69, 9.17) is 10.8 Å². The maximum atomic E-state index is 11.9. The van der Waals surface area contributed by atoms with Crippen LogP contribution in [0.4, 0.5) is 0 Å². The summed E-state index contributed by atoms with van der Waals surface area (Å²) in [7, 11) is 0. The van der Waals surface area contributed by atoms with Gasteiger partial charge >= 0.3 is 5.97 Å². The molecule has 0 aromatic heterocycles. The van der Waals surface area contributed by atoms with Gasteiger partial charge in [0, 0.05) is 25.9 Å². The van der Waals surface area contributed by atoms with E-state index in [1.54, 1.807) is 0 Å². The van der Waals surface area contributed by atoms with E-state index in [0.29, 0.717) is 25.3 Å². The van der Waals surface area contributed by atoms with Crippen molar-refractivity contribution in [2.45, 2.75) is 44.9 Å². The average molecular weight is 256 g/mol. The van der Waals surface area contributed by atoms with Crippen molar-refractivity contribution in [1.29, 1.82) is 0 Å². The summed E-state index contributed by atoms with van der Waals surface area (Å²) in [5.41, 5.74) is 5.40. The lowest BCUT2D eigenvalue weighted by Gasteiger charge is -2.32. The van der Waals surface area contributed by atoms with E-state index in [1.165, 1.54) is 0 Å². The van der Waals surface area contributed by atoms with Crippen molar-refractivity contribution in [1.82, 2.24) is 4.90 Å². The second kappa shape index (κ2) is 8.08. The van der Waals surface area contributed by atoms with Gasteiger partial charge in [0.2, 0.25) is 5.91 Å². The maximum Gasteiger partial charge on any atom is 0.303 e. The van der Waals surface area contributed by atoms with Gasteiger partial charge in [0.05, 0.1) is 0 Å². The van der Waals surface area contributed by atoms with Crippen LogP contribution in [0.15, 0.2) is 0 Å². The third kappa shape index (κ3) is 5.49. The zero-order chi connectivity index (χ0) is 13.4. The number of nitrogens with zero attached hydrogens (tertiary/aromatic N) is 1. The summed E-state index contributed by atoms with van der Waals surface area (Å²) >= 11 is 0. The van der Waals surface area contributed by atoms with Crippen molar-refractivity contribution in [2.24, 2.45) is 11.7 Å². The molecule has 1 rings (SSSR count). The number of rotatable bonds is 7. The minimum atomic E-state index is -0.749. The molecule has 1 saturated heterocycles. The molecule has 1 aliphatic heterocycles. The quantitative estimate of drug-likeness (QED) is 0.671. The molecule has 1 heterocycles. The largest absolute Gasteiger partial charge is 0.481 e. The zero-order valence-corrected chi connectivity index (χ0v) is 10.9. The van der Waals surface area contributed by atoms with Gasteiger partial charge in [0.15, 0.2) is 0 Å². The lowest BCUT2D eigenvalue weighted by atomic mass is 9.93. The molecule has 0 aromatic carbocycles. The Morgan fingerprint density at radius 1 is 1.28 bits per heavy atom. The van der Waals surface area contributed by atoms with Crippen LogP contribution in [-0.4, -0.2) is 41.5 Å². The van der Waals surface area contributed by atoms with Crippen molar-refractivity contribution in [3.05, 3.63) is 0 Å². The third-order valence-electron chi connectivity index (χ3n) is 3.48. The molecule has 1 unspecified atom stereocenters. The van der Waals surface area contributed by atoms with Gasteiger partial charge in [-0.1, -0.05) is 0 Å². The first-order valence-corrected chi connectivity index (χ1v) is 6.83. The SMILES string of the molecule is NCCCCC(=O)N1CCCC(CCC(=O)O)C1. The molecule has 0 bridgehead atoms. The fourth-order valence-electron chi connectivity index (χ4n) is 2.43. The first-order chi connectivity index (χ1) is 8.63. The van der Waals surface area contributed by atoms with Crippen LogP contribution in [-0.2, 0) is 9.59 Å². The van der Waals surface area contributed by atoms with Crippen LogP contribution in [0, 0.1) is 5.92 Å². The second-order valence-corrected chi connectivity index (χ2v) is 5.03. The summed E-state index contributed by atoms with van der Waals surface area (Å²) in [6.45, 7) is 2.19. The fourth-order valence-corrected chi connectivity index (χ4v) is 2.43. The number of hydrogen-bond acceptors (Lipinski definition) is 3. The minimum absolute atomic E-state index is 0.198. The number of carboxylic acids is 1. The van der Waals surface area contributed by atoms with Gasteiger partial charge in [-0.05, 0) is 44.6 Å². The number of hydrogen-bond donors (Lipinski definition) is 2. The number of carbonyl (C=O) groups excluding carboxylic acids is 1. The molecule has 1 aliphatic rings. The Hall–Kier alpha value is -1.10. The van der Waals surface area contributed by atoms with Crippen LogP contribution >= 0.6 is 0 Å². The highest BCUT2D eigenvalue weighted by Crippen LogP contribution is 2.21. The van der Waals surface area contributed by atoms with E-state index in [0.717, 1.165) is 38.8 Å². The Kier molecular flexibility index (Phi) is 6.72. The molecular formula is C13H24N2O3. The number of carboxylic acid groups (broad SMARTS) is 1. The fraction of sp³-hybridized carbons (Fsp3) is 0.846. The molecule has 3 N–H and O–H groups in total. The highest BCUT2D eigenvalue weighted by molar-refractivity contribution is 5.76. The molecule has 1 fully saturated rings. The van der Waals surface area contributed by atoms with E-state index >= 15 is 0 Å². The second-order valence-electron chi connectivity index (χ2n) is 5.03. The first kappa shape index (κ1) is 15.0. The molecule has 5 heteroatoms. The third-order valence-corrected chi connectivity index (χ3v) is 3.48. The molecule has 0 saturated carbocycles. The maximum absolute atomic E-state index is 11.9. The molecule has 1 atom stereocenters. The molecular weight excluding hydrogens is 232 g/mol. The summed E-state index contributed by atoms with van der Waals surface area (Å²) in [6, 6.07) is 0. The van der Waals surface area contributed by atoms with Crippen molar-refractivity contribution in [3.63, 3.8) is 0 Å². The van der Waals surface area contributed by atoms with E-state index in [-0.39, 0.29) is 12.3 Å². The molecule has 5 nitrogen and oxygen atoms in total. The molecule has 0 aliphatic carbocycles. The summed E-state index contributed by atoms with van der Waals surface area (Å²) < 4.78 is 0. The van der Waals surface area contributed by atoms with Gasteiger partial charge in [-0.3, -0.25) is 9.59 Å². The lowest BCUT2D eigenvalue weighted by molar-refractivity contribution is -0.137. The highest BCUT2D eigenvalue weighted by Gasteiger charge is 2.23. The molecule has 104 valence electrons. The van der Waals surface area contributed by atoms with Crippen molar-refractivity contribution in [3.8, 4) is 0 Å². The van der Waals surface area contributed by atoms with Crippen molar-refractivity contribution in [2.75, 3.05) is 19.6 Å². The van der Waals surface area contributed by atoms with Crippen molar-refractivity contribution < 1.29 is 14.7 Å². The number of amides is 1.